The van der Waals surface area contributed by atoms with E-state index in [-0.39, 0.29) is 11.4 Å². The van der Waals surface area contributed by atoms with E-state index in [2.05, 4.69) is 31.0 Å². The van der Waals surface area contributed by atoms with E-state index in [4.69, 9.17) is 4.74 Å². The number of ether oxygens (including phenoxy) is 1. The minimum absolute atomic E-state index is 0.219. The zero-order valence-electron chi connectivity index (χ0n) is 16.5. The van der Waals surface area contributed by atoms with Gasteiger partial charge in [0.05, 0.1) is 10.6 Å². The van der Waals surface area contributed by atoms with Crippen molar-refractivity contribution in [3.05, 3.63) is 24.3 Å². The molecule has 0 radical (unpaired) electrons. The Balaban J connectivity index is 1.88. The van der Waals surface area contributed by atoms with Gasteiger partial charge < -0.3 is 15.0 Å². The molecule has 1 saturated heterocycles. The molecule has 1 aliphatic heterocycles. The van der Waals surface area contributed by atoms with Gasteiger partial charge in [-0.1, -0.05) is 19.8 Å². The van der Waals surface area contributed by atoms with Crippen molar-refractivity contribution in [2.24, 2.45) is 0 Å². The molecule has 0 spiro atoms. The van der Waals surface area contributed by atoms with E-state index in [1.165, 1.54) is 0 Å². The van der Waals surface area contributed by atoms with E-state index in [9.17, 15) is 8.42 Å². The third kappa shape index (κ3) is 6.89. The molecule has 0 bridgehead atoms. The van der Waals surface area contributed by atoms with Crippen molar-refractivity contribution in [2.75, 3.05) is 38.5 Å². The third-order valence-electron chi connectivity index (χ3n) is 4.83. The monoisotopic (exact) mass is 382 g/mol. The topological polar surface area (TPSA) is 58.6 Å². The summed E-state index contributed by atoms with van der Waals surface area (Å²) >= 11 is 0. The smallest absolute Gasteiger partial charge is 0.178 e. The molecule has 0 atom stereocenters. The van der Waals surface area contributed by atoms with Gasteiger partial charge in [-0.25, -0.2) is 8.42 Å². The summed E-state index contributed by atoms with van der Waals surface area (Å²) in [7, 11) is -3.19. The fourth-order valence-electron chi connectivity index (χ4n) is 3.11. The molecule has 1 fully saturated rings. The SMILES string of the molecule is CCCCCS(=O)(=O)c1ccc(OC(C)(C)CCN2CCNCC2)cc1. The minimum atomic E-state index is -3.19. The van der Waals surface area contributed by atoms with Crippen molar-refractivity contribution < 1.29 is 13.2 Å². The summed E-state index contributed by atoms with van der Waals surface area (Å²) in [6.07, 6.45) is 3.62. The van der Waals surface area contributed by atoms with Gasteiger partial charge in [0, 0.05) is 32.7 Å². The van der Waals surface area contributed by atoms with Crippen molar-refractivity contribution in [1.82, 2.24) is 10.2 Å². The lowest BCUT2D eigenvalue weighted by molar-refractivity contribution is 0.0808. The van der Waals surface area contributed by atoms with Gasteiger partial charge in [-0.3, -0.25) is 0 Å². The Labute approximate surface area is 159 Å². The van der Waals surface area contributed by atoms with Crippen LogP contribution in [0, 0.1) is 0 Å². The Kier molecular flexibility index (Phi) is 7.92. The van der Waals surface area contributed by atoms with Crippen molar-refractivity contribution in [3.63, 3.8) is 0 Å². The summed E-state index contributed by atoms with van der Waals surface area (Å²) in [5.74, 6) is 0.944. The van der Waals surface area contributed by atoms with Crippen LogP contribution in [0.25, 0.3) is 0 Å². The van der Waals surface area contributed by atoms with E-state index in [1.54, 1.807) is 24.3 Å². The lowest BCUT2D eigenvalue weighted by Gasteiger charge is -2.32. The van der Waals surface area contributed by atoms with Gasteiger partial charge >= 0.3 is 0 Å². The Hall–Kier alpha value is -1.11. The van der Waals surface area contributed by atoms with Crippen LogP contribution in [0.1, 0.15) is 46.5 Å². The average molecular weight is 383 g/mol. The summed E-state index contributed by atoms with van der Waals surface area (Å²) in [5.41, 5.74) is -0.285. The van der Waals surface area contributed by atoms with Gasteiger partial charge in [-0.15, -0.1) is 0 Å². The number of nitrogens with zero attached hydrogens (tertiary/aromatic N) is 1. The maximum Gasteiger partial charge on any atom is 0.178 e. The molecule has 0 saturated carbocycles. The molecule has 0 aromatic heterocycles. The second-order valence-corrected chi connectivity index (χ2v) is 9.81. The largest absolute Gasteiger partial charge is 0.488 e. The van der Waals surface area contributed by atoms with E-state index in [1.807, 2.05) is 0 Å². The summed E-state index contributed by atoms with van der Waals surface area (Å²) in [4.78, 5) is 2.84. The zero-order chi connectivity index (χ0) is 19.0. The minimum Gasteiger partial charge on any atom is -0.488 e. The molecular weight excluding hydrogens is 348 g/mol. The number of sulfone groups is 1. The molecule has 1 N–H and O–H groups in total. The quantitative estimate of drug-likeness (QED) is 0.630. The van der Waals surface area contributed by atoms with Crippen molar-refractivity contribution in [1.29, 1.82) is 0 Å². The van der Waals surface area contributed by atoms with Crippen LogP contribution in [0.4, 0.5) is 0 Å². The summed E-state index contributed by atoms with van der Waals surface area (Å²) < 4.78 is 30.8. The number of hydrogen-bond donors (Lipinski definition) is 1. The number of benzene rings is 1. The van der Waals surface area contributed by atoms with Gasteiger partial charge in [-0.2, -0.15) is 0 Å². The van der Waals surface area contributed by atoms with Crippen LogP contribution in [0.15, 0.2) is 29.2 Å². The highest BCUT2D eigenvalue weighted by atomic mass is 32.2. The van der Waals surface area contributed by atoms with Crippen LogP contribution in [0.5, 0.6) is 5.75 Å². The Bertz CT molecular complexity index is 636. The molecule has 1 aromatic rings. The van der Waals surface area contributed by atoms with Crippen molar-refractivity contribution >= 4 is 9.84 Å². The Morgan fingerprint density at radius 3 is 2.38 bits per heavy atom. The standard InChI is InChI=1S/C20H34N2O3S/c1-4-5-6-17-26(23,24)19-9-7-18(8-10-19)25-20(2,3)11-14-22-15-12-21-13-16-22/h7-10,21H,4-6,11-17H2,1-3H3. The molecule has 0 aliphatic carbocycles. The number of unbranched alkanes of at least 4 members (excludes halogenated alkanes) is 2. The highest BCUT2D eigenvalue weighted by molar-refractivity contribution is 7.91. The number of rotatable bonds is 10. The molecule has 2 rings (SSSR count). The predicted molar refractivity (Wildman–Crippen MR) is 107 cm³/mol. The maximum atomic E-state index is 12.3. The maximum absolute atomic E-state index is 12.3. The van der Waals surface area contributed by atoms with Crippen LogP contribution in [0.3, 0.4) is 0 Å². The number of hydrogen-bond acceptors (Lipinski definition) is 5. The second kappa shape index (κ2) is 9.72. The van der Waals surface area contributed by atoms with Crippen LogP contribution < -0.4 is 10.1 Å². The molecule has 1 heterocycles. The van der Waals surface area contributed by atoms with Crippen molar-refractivity contribution in [3.8, 4) is 5.75 Å². The summed E-state index contributed by atoms with van der Waals surface area (Å²) in [6, 6.07) is 6.89. The van der Waals surface area contributed by atoms with E-state index in [0.717, 1.165) is 64.2 Å². The Morgan fingerprint density at radius 2 is 1.77 bits per heavy atom. The lowest BCUT2D eigenvalue weighted by atomic mass is 10.0. The zero-order valence-corrected chi connectivity index (χ0v) is 17.3. The molecule has 0 amide bonds. The lowest BCUT2D eigenvalue weighted by Crippen LogP contribution is -2.45. The van der Waals surface area contributed by atoms with Crippen LogP contribution in [-0.4, -0.2) is 57.4 Å². The van der Waals surface area contributed by atoms with E-state index < -0.39 is 9.84 Å². The average Bonchev–Trinajstić information content (AvgIpc) is 2.61. The molecule has 1 aromatic carbocycles. The van der Waals surface area contributed by atoms with Gasteiger partial charge in [-0.05, 0) is 51.0 Å². The first-order chi connectivity index (χ1) is 12.3. The fraction of sp³-hybridized carbons (Fsp3) is 0.700. The van der Waals surface area contributed by atoms with Crippen LogP contribution in [-0.2, 0) is 9.84 Å². The second-order valence-electron chi connectivity index (χ2n) is 7.70. The predicted octanol–water partition coefficient (Wildman–Crippen LogP) is 3.10. The third-order valence-corrected chi connectivity index (χ3v) is 6.65. The first-order valence-corrected chi connectivity index (χ1v) is 11.4. The van der Waals surface area contributed by atoms with Crippen LogP contribution >= 0.6 is 0 Å². The first-order valence-electron chi connectivity index (χ1n) is 9.77. The molecular formula is C20H34N2O3S. The molecule has 1 aliphatic rings. The first kappa shape index (κ1) is 21.2. The van der Waals surface area contributed by atoms with Gasteiger partial charge in [0.25, 0.3) is 0 Å². The number of nitrogens with one attached hydrogen (secondary N) is 1. The molecule has 0 unspecified atom stereocenters. The molecule has 6 heteroatoms. The van der Waals surface area contributed by atoms with Crippen molar-refractivity contribution in [2.45, 2.75) is 57.0 Å². The van der Waals surface area contributed by atoms with Gasteiger partial charge in [0.1, 0.15) is 11.4 Å². The fourth-order valence-corrected chi connectivity index (χ4v) is 4.48. The van der Waals surface area contributed by atoms with Gasteiger partial charge in [0.15, 0.2) is 9.84 Å². The molecule has 26 heavy (non-hydrogen) atoms. The Morgan fingerprint density at radius 1 is 1.12 bits per heavy atom. The molecule has 5 nitrogen and oxygen atoms in total. The normalized spacial score (nSPS) is 16.6. The van der Waals surface area contributed by atoms with Crippen LogP contribution in [0.2, 0.25) is 0 Å². The van der Waals surface area contributed by atoms with Gasteiger partial charge in [0.2, 0.25) is 0 Å². The van der Waals surface area contributed by atoms with E-state index >= 15 is 0 Å². The summed E-state index contributed by atoms with van der Waals surface area (Å²) in [6.45, 7) is 11.5. The highest BCUT2D eigenvalue weighted by Gasteiger charge is 2.22. The highest BCUT2D eigenvalue weighted by Crippen LogP contribution is 2.24. The summed E-state index contributed by atoms with van der Waals surface area (Å²) in [5, 5.41) is 3.36. The molecule has 148 valence electrons. The number of piperazine rings is 1. The van der Waals surface area contributed by atoms with E-state index in [0.29, 0.717) is 4.90 Å².